The van der Waals surface area contributed by atoms with Gasteiger partial charge in [-0.2, -0.15) is 0 Å². The van der Waals surface area contributed by atoms with Crippen molar-refractivity contribution in [2.75, 3.05) is 0 Å². The highest BCUT2D eigenvalue weighted by molar-refractivity contribution is 5.72. The Morgan fingerprint density at radius 2 is 2.27 bits per heavy atom. The summed E-state index contributed by atoms with van der Waals surface area (Å²) in [4.78, 5) is 10.7. The predicted molar refractivity (Wildman–Crippen MR) is 40.4 cm³/mol. The molecule has 1 aliphatic heterocycles. The average molecular weight is 158 g/mol. The molecule has 0 aliphatic carbocycles. The van der Waals surface area contributed by atoms with Gasteiger partial charge in [0.05, 0.1) is 12.0 Å². The third-order valence-electron chi connectivity index (χ3n) is 2.58. The lowest BCUT2D eigenvalue weighted by molar-refractivity contribution is -0.144. The molecule has 0 bridgehead atoms. The van der Waals surface area contributed by atoms with E-state index in [0.717, 1.165) is 0 Å². The molecule has 1 heterocycles. The summed E-state index contributed by atoms with van der Waals surface area (Å²) in [5.74, 6) is -1.10. The number of ether oxygens (including phenoxy) is 1. The molecule has 0 aromatic carbocycles. The summed E-state index contributed by atoms with van der Waals surface area (Å²) in [7, 11) is 0. The predicted octanol–water partition coefficient (Wildman–Crippen LogP) is 1.27. The summed E-state index contributed by atoms with van der Waals surface area (Å²) in [5, 5.41) is 8.79. The van der Waals surface area contributed by atoms with Crippen LogP contribution in [0, 0.1) is 5.92 Å². The van der Waals surface area contributed by atoms with Crippen molar-refractivity contribution >= 4 is 5.97 Å². The molecule has 1 aliphatic rings. The van der Waals surface area contributed by atoms with Crippen LogP contribution in [0.1, 0.15) is 27.2 Å². The van der Waals surface area contributed by atoms with E-state index in [0.29, 0.717) is 6.42 Å². The molecule has 1 rings (SSSR count). The van der Waals surface area contributed by atoms with Gasteiger partial charge in [0.25, 0.3) is 0 Å². The summed E-state index contributed by atoms with van der Waals surface area (Å²) < 4.78 is 5.24. The lowest BCUT2D eigenvalue weighted by Gasteiger charge is -2.13. The van der Waals surface area contributed by atoms with Crippen LogP contribution in [-0.4, -0.2) is 22.8 Å². The van der Waals surface area contributed by atoms with E-state index in [1.54, 1.807) is 0 Å². The minimum atomic E-state index is -0.751. The monoisotopic (exact) mass is 158 g/mol. The average Bonchev–Trinajstić information content (AvgIpc) is 2.41. The molecular formula is C8H14O3. The van der Waals surface area contributed by atoms with Gasteiger partial charge in [0, 0.05) is 0 Å². The molecule has 0 saturated carbocycles. The van der Waals surface area contributed by atoms with Gasteiger partial charge in [-0.05, 0) is 20.3 Å². The highest BCUT2D eigenvalue weighted by Gasteiger charge is 2.56. The van der Waals surface area contributed by atoms with Gasteiger partial charge in [0.1, 0.15) is 5.60 Å². The van der Waals surface area contributed by atoms with Crippen LogP contribution >= 0.6 is 0 Å². The topological polar surface area (TPSA) is 49.8 Å². The molecule has 0 radical (unpaired) electrons. The van der Waals surface area contributed by atoms with Gasteiger partial charge < -0.3 is 9.84 Å². The molecule has 1 N–H and O–H groups in total. The molecule has 3 atom stereocenters. The first-order valence-electron chi connectivity index (χ1n) is 3.93. The van der Waals surface area contributed by atoms with Crippen LogP contribution in [0.2, 0.25) is 0 Å². The zero-order valence-corrected chi connectivity index (χ0v) is 7.13. The van der Waals surface area contributed by atoms with Crippen molar-refractivity contribution in [3.05, 3.63) is 0 Å². The maximum Gasteiger partial charge on any atom is 0.309 e. The molecule has 3 nitrogen and oxygen atoms in total. The van der Waals surface area contributed by atoms with E-state index in [1.807, 2.05) is 20.8 Å². The van der Waals surface area contributed by atoms with Crippen LogP contribution in [0.25, 0.3) is 0 Å². The number of epoxide rings is 1. The number of carbonyl (C=O) groups is 1. The van der Waals surface area contributed by atoms with E-state index >= 15 is 0 Å². The van der Waals surface area contributed by atoms with Crippen molar-refractivity contribution in [1.82, 2.24) is 0 Å². The number of rotatable bonds is 3. The summed E-state index contributed by atoms with van der Waals surface area (Å²) in [5.41, 5.74) is -0.402. The van der Waals surface area contributed by atoms with E-state index < -0.39 is 11.6 Å². The second kappa shape index (κ2) is 2.48. The largest absolute Gasteiger partial charge is 0.481 e. The van der Waals surface area contributed by atoms with Crippen LogP contribution in [0.5, 0.6) is 0 Å². The first kappa shape index (κ1) is 8.53. The lowest BCUT2D eigenvalue weighted by Crippen LogP contribution is -2.29. The van der Waals surface area contributed by atoms with Crippen molar-refractivity contribution in [2.45, 2.75) is 38.9 Å². The Kier molecular flexibility index (Phi) is 1.92. The Balaban J connectivity index is 2.64. The number of aliphatic carboxylic acids is 1. The number of carboxylic acid groups (broad SMARTS) is 1. The van der Waals surface area contributed by atoms with Crippen LogP contribution in [0.15, 0.2) is 0 Å². The molecule has 11 heavy (non-hydrogen) atoms. The zero-order valence-electron chi connectivity index (χ0n) is 7.13. The molecule has 0 spiro atoms. The molecular weight excluding hydrogens is 144 g/mol. The maximum atomic E-state index is 10.7. The van der Waals surface area contributed by atoms with Gasteiger partial charge in [-0.25, -0.2) is 0 Å². The standard InChI is InChI=1S/C8H14O3/c1-4-6(7(9)10)8(3)5(2)11-8/h5-6H,4H2,1-3H3,(H,9,10). The lowest BCUT2D eigenvalue weighted by atomic mass is 9.89. The molecule has 0 aromatic heterocycles. The van der Waals surface area contributed by atoms with Gasteiger partial charge in [0.15, 0.2) is 0 Å². The molecule has 1 fully saturated rings. The van der Waals surface area contributed by atoms with Gasteiger partial charge in [-0.15, -0.1) is 0 Å². The first-order valence-corrected chi connectivity index (χ1v) is 3.93. The second-order valence-corrected chi connectivity index (χ2v) is 3.24. The van der Waals surface area contributed by atoms with Crippen molar-refractivity contribution in [1.29, 1.82) is 0 Å². The van der Waals surface area contributed by atoms with Gasteiger partial charge in [-0.1, -0.05) is 6.92 Å². The smallest absolute Gasteiger partial charge is 0.309 e. The second-order valence-electron chi connectivity index (χ2n) is 3.24. The molecule has 3 unspecified atom stereocenters. The van der Waals surface area contributed by atoms with Crippen molar-refractivity contribution in [2.24, 2.45) is 5.92 Å². The summed E-state index contributed by atoms with van der Waals surface area (Å²) in [6, 6.07) is 0. The molecule has 0 aromatic rings. The van der Waals surface area contributed by atoms with Crippen LogP contribution in [0.3, 0.4) is 0 Å². The molecule has 0 amide bonds. The van der Waals surface area contributed by atoms with Crippen LogP contribution in [0.4, 0.5) is 0 Å². The fourth-order valence-electron chi connectivity index (χ4n) is 1.54. The Bertz CT molecular complexity index is 178. The van der Waals surface area contributed by atoms with Gasteiger partial charge >= 0.3 is 5.97 Å². The van der Waals surface area contributed by atoms with E-state index in [4.69, 9.17) is 9.84 Å². The highest BCUT2D eigenvalue weighted by atomic mass is 16.6. The minimum Gasteiger partial charge on any atom is -0.481 e. The highest BCUT2D eigenvalue weighted by Crippen LogP contribution is 2.43. The van der Waals surface area contributed by atoms with E-state index in [1.165, 1.54) is 0 Å². The maximum absolute atomic E-state index is 10.7. The molecule has 64 valence electrons. The van der Waals surface area contributed by atoms with Gasteiger partial charge in [-0.3, -0.25) is 4.79 Å². The fraction of sp³-hybridized carbons (Fsp3) is 0.875. The molecule has 3 heteroatoms. The third kappa shape index (κ3) is 1.25. The van der Waals surface area contributed by atoms with Gasteiger partial charge in [0.2, 0.25) is 0 Å². The van der Waals surface area contributed by atoms with E-state index in [-0.39, 0.29) is 12.0 Å². The normalized spacial score (nSPS) is 38.3. The Morgan fingerprint density at radius 1 is 1.82 bits per heavy atom. The van der Waals surface area contributed by atoms with E-state index in [9.17, 15) is 4.79 Å². The van der Waals surface area contributed by atoms with E-state index in [2.05, 4.69) is 0 Å². The van der Waals surface area contributed by atoms with Crippen molar-refractivity contribution in [3.63, 3.8) is 0 Å². The quantitative estimate of drug-likeness (QED) is 0.629. The minimum absolute atomic E-state index is 0.101. The summed E-state index contributed by atoms with van der Waals surface area (Å²) in [6.07, 6.45) is 0.736. The van der Waals surface area contributed by atoms with Crippen molar-refractivity contribution < 1.29 is 14.6 Å². The van der Waals surface area contributed by atoms with Crippen LogP contribution < -0.4 is 0 Å². The molecule has 1 saturated heterocycles. The van der Waals surface area contributed by atoms with Crippen molar-refractivity contribution in [3.8, 4) is 0 Å². The van der Waals surface area contributed by atoms with Crippen LogP contribution in [-0.2, 0) is 9.53 Å². The summed E-state index contributed by atoms with van der Waals surface area (Å²) in [6.45, 7) is 5.64. The Hall–Kier alpha value is -0.570. The Morgan fingerprint density at radius 3 is 2.36 bits per heavy atom. The zero-order chi connectivity index (χ0) is 8.65. The number of hydrogen-bond donors (Lipinski definition) is 1. The number of hydrogen-bond acceptors (Lipinski definition) is 2. The third-order valence-corrected chi connectivity index (χ3v) is 2.58. The first-order chi connectivity index (χ1) is 5.02. The fourth-order valence-corrected chi connectivity index (χ4v) is 1.54. The number of carboxylic acids is 1. The Labute approximate surface area is 66.4 Å². The summed E-state index contributed by atoms with van der Waals surface area (Å²) >= 11 is 0. The SMILES string of the molecule is CCC(C(=O)O)C1(C)OC1C.